The maximum Gasteiger partial charge on any atom is 0.119 e. The number of nitrogens with zero attached hydrogens (tertiary/aromatic N) is 2. The Labute approximate surface area is 127 Å². The van der Waals surface area contributed by atoms with Crippen LogP contribution in [-0.4, -0.2) is 28.7 Å². The van der Waals surface area contributed by atoms with Gasteiger partial charge in [-0.25, -0.2) is 4.98 Å². The van der Waals surface area contributed by atoms with E-state index in [1.807, 2.05) is 12.5 Å². The first-order chi connectivity index (χ1) is 10.3. The summed E-state index contributed by atoms with van der Waals surface area (Å²) in [5.74, 6) is 0.945. The summed E-state index contributed by atoms with van der Waals surface area (Å²) in [5.41, 5.74) is 1.34. The molecule has 0 saturated heterocycles. The van der Waals surface area contributed by atoms with Gasteiger partial charge in [-0.2, -0.15) is 0 Å². The van der Waals surface area contributed by atoms with Crippen molar-refractivity contribution < 1.29 is 4.74 Å². The van der Waals surface area contributed by atoms with Crippen molar-refractivity contribution in [2.24, 2.45) is 0 Å². The van der Waals surface area contributed by atoms with Crippen LogP contribution in [0.5, 0.6) is 5.75 Å². The van der Waals surface area contributed by atoms with E-state index < -0.39 is 0 Å². The number of aryl methyl sites for hydroxylation is 1. The molecule has 0 aliphatic heterocycles. The fraction of sp³-hybridized carbons (Fsp3) is 0.471. The molecule has 0 spiro atoms. The van der Waals surface area contributed by atoms with Crippen molar-refractivity contribution in [1.82, 2.24) is 14.9 Å². The smallest absolute Gasteiger partial charge is 0.119 e. The molecule has 0 saturated carbocycles. The molecule has 1 aromatic heterocycles. The Morgan fingerprint density at radius 2 is 2.10 bits per heavy atom. The Balaban J connectivity index is 1.69. The van der Waals surface area contributed by atoms with Crippen LogP contribution >= 0.6 is 0 Å². The summed E-state index contributed by atoms with van der Waals surface area (Å²) in [7, 11) is 0. The number of ether oxygens (including phenoxy) is 1. The monoisotopic (exact) mass is 287 g/mol. The third kappa shape index (κ3) is 5.60. The van der Waals surface area contributed by atoms with E-state index in [-0.39, 0.29) is 0 Å². The average Bonchev–Trinajstić information content (AvgIpc) is 2.99. The summed E-state index contributed by atoms with van der Waals surface area (Å²) in [6, 6.07) is 8.94. The van der Waals surface area contributed by atoms with Gasteiger partial charge in [0.2, 0.25) is 0 Å². The van der Waals surface area contributed by atoms with Gasteiger partial charge in [-0.3, -0.25) is 0 Å². The lowest BCUT2D eigenvalue weighted by Gasteiger charge is -2.12. The molecule has 1 heterocycles. The van der Waals surface area contributed by atoms with Crippen LogP contribution in [0.15, 0.2) is 43.0 Å². The molecule has 114 valence electrons. The SMILES string of the molecule is CCNC(C)Cc1ccc(OCCCn2ccnc2)cc1. The molecule has 4 nitrogen and oxygen atoms in total. The van der Waals surface area contributed by atoms with E-state index in [1.165, 1.54) is 5.56 Å². The van der Waals surface area contributed by atoms with Gasteiger partial charge in [-0.05, 0) is 44.0 Å². The summed E-state index contributed by atoms with van der Waals surface area (Å²) >= 11 is 0. The minimum atomic E-state index is 0.511. The Hall–Kier alpha value is -1.81. The second-order valence-corrected chi connectivity index (χ2v) is 5.31. The fourth-order valence-electron chi connectivity index (χ4n) is 2.35. The summed E-state index contributed by atoms with van der Waals surface area (Å²) in [4.78, 5) is 4.02. The van der Waals surface area contributed by atoms with Crippen molar-refractivity contribution in [3.05, 3.63) is 48.5 Å². The van der Waals surface area contributed by atoms with Gasteiger partial charge in [0, 0.05) is 25.0 Å². The van der Waals surface area contributed by atoms with Crippen molar-refractivity contribution in [2.45, 2.75) is 39.3 Å². The molecule has 2 aromatic rings. The van der Waals surface area contributed by atoms with E-state index in [0.717, 1.165) is 38.3 Å². The predicted molar refractivity (Wildman–Crippen MR) is 85.6 cm³/mol. The molecule has 1 N–H and O–H groups in total. The predicted octanol–water partition coefficient (Wildman–Crippen LogP) is 2.89. The maximum absolute atomic E-state index is 5.76. The van der Waals surface area contributed by atoms with Gasteiger partial charge in [0.15, 0.2) is 0 Å². The molecule has 0 fully saturated rings. The van der Waals surface area contributed by atoms with Crippen molar-refractivity contribution in [2.75, 3.05) is 13.2 Å². The van der Waals surface area contributed by atoms with Crippen LogP contribution in [0.1, 0.15) is 25.8 Å². The lowest BCUT2D eigenvalue weighted by molar-refractivity contribution is 0.301. The summed E-state index contributed by atoms with van der Waals surface area (Å²) in [6.07, 6.45) is 7.64. The van der Waals surface area contributed by atoms with Crippen LogP contribution in [0.4, 0.5) is 0 Å². The molecule has 0 aliphatic carbocycles. The lowest BCUT2D eigenvalue weighted by Crippen LogP contribution is -2.27. The van der Waals surface area contributed by atoms with E-state index in [0.29, 0.717) is 6.04 Å². The van der Waals surface area contributed by atoms with E-state index in [2.05, 4.69) is 53.0 Å². The number of hydrogen-bond donors (Lipinski definition) is 1. The number of nitrogens with one attached hydrogen (secondary N) is 1. The molecule has 2 rings (SSSR count). The van der Waals surface area contributed by atoms with Crippen molar-refractivity contribution in [3.8, 4) is 5.75 Å². The second-order valence-electron chi connectivity index (χ2n) is 5.31. The molecule has 1 atom stereocenters. The van der Waals surface area contributed by atoms with Crippen molar-refractivity contribution >= 4 is 0 Å². The minimum absolute atomic E-state index is 0.511. The third-order valence-electron chi connectivity index (χ3n) is 3.41. The van der Waals surface area contributed by atoms with Crippen LogP contribution in [0, 0.1) is 0 Å². The highest BCUT2D eigenvalue weighted by molar-refractivity contribution is 5.27. The summed E-state index contributed by atoms with van der Waals surface area (Å²) < 4.78 is 7.83. The van der Waals surface area contributed by atoms with Crippen LogP contribution < -0.4 is 10.1 Å². The Bertz CT molecular complexity index is 493. The maximum atomic E-state index is 5.76. The number of imidazole rings is 1. The molecule has 4 heteroatoms. The van der Waals surface area contributed by atoms with Crippen molar-refractivity contribution in [3.63, 3.8) is 0 Å². The second kappa shape index (κ2) is 8.47. The zero-order chi connectivity index (χ0) is 14.9. The quantitative estimate of drug-likeness (QED) is 0.721. The van der Waals surface area contributed by atoms with Gasteiger partial charge in [0.05, 0.1) is 12.9 Å². The largest absolute Gasteiger partial charge is 0.494 e. The molecule has 0 radical (unpaired) electrons. The average molecular weight is 287 g/mol. The third-order valence-corrected chi connectivity index (χ3v) is 3.41. The number of hydrogen-bond acceptors (Lipinski definition) is 3. The molecule has 21 heavy (non-hydrogen) atoms. The number of rotatable bonds is 9. The zero-order valence-corrected chi connectivity index (χ0v) is 13.0. The molecule has 0 amide bonds. The Morgan fingerprint density at radius 1 is 1.29 bits per heavy atom. The highest BCUT2D eigenvalue weighted by atomic mass is 16.5. The first-order valence-electron chi connectivity index (χ1n) is 7.69. The van der Waals surface area contributed by atoms with Gasteiger partial charge >= 0.3 is 0 Å². The van der Waals surface area contributed by atoms with E-state index >= 15 is 0 Å². The first-order valence-corrected chi connectivity index (χ1v) is 7.69. The fourth-order valence-corrected chi connectivity index (χ4v) is 2.35. The first kappa shape index (κ1) is 15.6. The minimum Gasteiger partial charge on any atom is -0.494 e. The standard InChI is InChI=1S/C17H25N3O/c1-3-19-15(2)13-16-5-7-17(8-6-16)21-12-4-10-20-11-9-18-14-20/h5-9,11,14-15,19H,3-4,10,12-13H2,1-2H3. The Morgan fingerprint density at radius 3 is 2.76 bits per heavy atom. The summed E-state index contributed by atoms with van der Waals surface area (Å²) in [5, 5.41) is 3.43. The number of aromatic nitrogens is 2. The molecular formula is C17H25N3O. The van der Waals surface area contributed by atoms with Crippen LogP contribution in [0.2, 0.25) is 0 Å². The van der Waals surface area contributed by atoms with Gasteiger partial charge < -0.3 is 14.6 Å². The molecule has 1 aromatic carbocycles. The molecule has 0 aliphatic rings. The number of benzene rings is 1. The highest BCUT2D eigenvalue weighted by Crippen LogP contribution is 2.13. The lowest BCUT2D eigenvalue weighted by atomic mass is 10.1. The van der Waals surface area contributed by atoms with E-state index in [9.17, 15) is 0 Å². The van der Waals surface area contributed by atoms with Gasteiger partial charge in [0.1, 0.15) is 5.75 Å². The number of likely N-dealkylation sites (N-methyl/N-ethyl adjacent to an activating group) is 1. The highest BCUT2D eigenvalue weighted by Gasteiger charge is 2.02. The Kier molecular flexibility index (Phi) is 6.28. The van der Waals surface area contributed by atoms with Gasteiger partial charge in [-0.15, -0.1) is 0 Å². The molecule has 1 unspecified atom stereocenters. The van der Waals surface area contributed by atoms with Crippen molar-refractivity contribution in [1.29, 1.82) is 0 Å². The van der Waals surface area contributed by atoms with Gasteiger partial charge in [0.25, 0.3) is 0 Å². The molecular weight excluding hydrogens is 262 g/mol. The van der Waals surface area contributed by atoms with E-state index in [4.69, 9.17) is 4.74 Å². The molecule has 0 bridgehead atoms. The van der Waals surface area contributed by atoms with Gasteiger partial charge in [-0.1, -0.05) is 19.1 Å². The van der Waals surface area contributed by atoms with Crippen LogP contribution in [-0.2, 0) is 13.0 Å². The zero-order valence-electron chi connectivity index (χ0n) is 13.0. The summed E-state index contributed by atoms with van der Waals surface area (Å²) in [6.45, 7) is 7.03. The normalized spacial score (nSPS) is 12.3. The van der Waals surface area contributed by atoms with Crippen LogP contribution in [0.3, 0.4) is 0 Å². The van der Waals surface area contributed by atoms with Crippen LogP contribution in [0.25, 0.3) is 0 Å². The topological polar surface area (TPSA) is 39.1 Å². The van der Waals surface area contributed by atoms with E-state index in [1.54, 1.807) is 6.20 Å².